The zero-order valence-electron chi connectivity index (χ0n) is 10.1. The maximum absolute atomic E-state index is 9.60. The highest BCUT2D eigenvalue weighted by molar-refractivity contribution is 5.84. The minimum atomic E-state index is -0.935. The molecule has 4 bridgehead atoms. The van der Waals surface area contributed by atoms with Crippen molar-refractivity contribution >= 4 is 5.97 Å². The fourth-order valence-corrected chi connectivity index (χ4v) is 3.98. The van der Waals surface area contributed by atoms with Crippen LogP contribution in [-0.4, -0.2) is 11.1 Å². The highest BCUT2D eigenvalue weighted by atomic mass is 16.4. The molecule has 0 unspecified atom stereocenters. The Morgan fingerprint density at radius 3 is 1.25 bits per heavy atom. The molecule has 0 aromatic heterocycles. The second-order valence-electron chi connectivity index (χ2n) is 5.96. The van der Waals surface area contributed by atoms with Gasteiger partial charge in [0.1, 0.15) is 0 Å². The minimum absolute atomic E-state index is 0.176. The van der Waals surface area contributed by atoms with Gasteiger partial charge < -0.3 is 5.11 Å². The number of carboxylic acids is 1. The summed E-state index contributed by atoms with van der Waals surface area (Å²) in [5, 5.41) is 7.89. The molecule has 2 nitrogen and oxygen atoms in total. The van der Waals surface area contributed by atoms with Crippen LogP contribution >= 0.6 is 0 Å². The predicted molar refractivity (Wildman–Crippen MR) is 64.1 cm³/mol. The van der Waals surface area contributed by atoms with E-state index in [1.165, 1.54) is 30.6 Å². The molecule has 4 saturated carbocycles. The number of hydrogen-bond donors (Lipinski definition) is 1. The molecule has 0 heterocycles. The molecule has 4 rings (SSSR count). The van der Waals surface area contributed by atoms with E-state index in [0.717, 1.165) is 0 Å². The van der Waals surface area contributed by atoms with Crippen molar-refractivity contribution in [3.8, 4) is 0 Å². The minimum Gasteiger partial charge on any atom is -0.478 e. The molecule has 2 heteroatoms. The van der Waals surface area contributed by atoms with Crippen LogP contribution < -0.4 is 0 Å². The third kappa shape index (κ3) is 2.66. The quantitative estimate of drug-likeness (QED) is 0.690. The molecule has 0 aliphatic heterocycles. The summed E-state index contributed by atoms with van der Waals surface area (Å²) in [6.45, 7) is 4.60. The fraction of sp³-hybridized carbons (Fsp3) is 0.786. The van der Waals surface area contributed by atoms with Crippen molar-refractivity contribution in [2.75, 3.05) is 0 Å². The number of rotatable bonds is 1. The van der Waals surface area contributed by atoms with Crippen LogP contribution in [0.25, 0.3) is 0 Å². The number of aliphatic carboxylic acids is 1. The second kappa shape index (κ2) is 4.60. The van der Waals surface area contributed by atoms with E-state index < -0.39 is 5.97 Å². The van der Waals surface area contributed by atoms with E-state index in [2.05, 4.69) is 6.58 Å². The topological polar surface area (TPSA) is 37.3 Å². The molecule has 0 spiro atoms. The van der Waals surface area contributed by atoms with Crippen molar-refractivity contribution in [1.29, 1.82) is 0 Å². The van der Waals surface area contributed by atoms with E-state index >= 15 is 0 Å². The van der Waals surface area contributed by atoms with Gasteiger partial charge in [0, 0.05) is 5.57 Å². The monoisotopic (exact) mass is 222 g/mol. The largest absolute Gasteiger partial charge is 0.478 e. The first-order valence-corrected chi connectivity index (χ1v) is 6.43. The third-order valence-electron chi connectivity index (χ3n) is 4.37. The number of carboxylic acid groups (broad SMARTS) is 1. The van der Waals surface area contributed by atoms with E-state index in [4.69, 9.17) is 5.11 Å². The van der Waals surface area contributed by atoms with Crippen LogP contribution in [0.4, 0.5) is 0 Å². The summed E-state index contributed by atoms with van der Waals surface area (Å²) < 4.78 is 0. The van der Waals surface area contributed by atoms with Crippen LogP contribution in [0.2, 0.25) is 0 Å². The molecule has 1 N–H and O–H groups in total. The van der Waals surface area contributed by atoms with Crippen molar-refractivity contribution in [3.05, 3.63) is 12.2 Å². The molecule has 0 aromatic carbocycles. The van der Waals surface area contributed by atoms with Gasteiger partial charge in [0.25, 0.3) is 0 Å². The predicted octanol–water partition coefficient (Wildman–Crippen LogP) is 3.48. The molecule has 0 radical (unpaired) electrons. The Labute approximate surface area is 97.7 Å². The SMILES string of the molecule is C1C2CC3CC1CC(C2)C3.C=C(C)C(=O)O. The lowest BCUT2D eigenvalue weighted by Gasteiger charge is -2.49. The fourth-order valence-electron chi connectivity index (χ4n) is 3.98. The highest BCUT2D eigenvalue weighted by Crippen LogP contribution is 2.53. The van der Waals surface area contributed by atoms with Gasteiger partial charge in [-0.2, -0.15) is 0 Å². The summed E-state index contributed by atoms with van der Waals surface area (Å²) in [6, 6.07) is 0. The molecule has 0 saturated heterocycles. The van der Waals surface area contributed by atoms with Crippen LogP contribution in [0.5, 0.6) is 0 Å². The average Bonchev–Trinajstić information content (AvgIpc) is 2.15. The molecule has 4 aliphatic rings. The Balaban J connectivity index is 0.000000142. The standard InChI is InChI=1S/C10H16.C4H6O2/c1-7-2-9-4-8(1)5-10(3-7)6-9;1-3(2)4(5)6/h7-10H,1-6H2;1H2,2H3,(H,5,6). The first-order valence-electron chi connectivity index (χ1n) is 6.43. The van der Waals surface area contributed by atoms with E-state index in [0.29, 0.717) is 0 Å². The Bertz CT molecular complexity index is 225. The van der Waals surface area contributed by atoms with Crippen LogP contribution in [-0.2, 0) is 4.79 Å². The summed E-state index contributed by atoms with van der Waals surface area (Å²) in [7, 11) is 0. The molecule has 0 atom stereocenters. The van der Waals surface area contributed by atoms with Crippen molar-refractivity contribution in [2.45, 2.75) is 45.4 Å². The van der Waals surface area contributed by atoms with Gasteiger partial charge in [-0.25, -0.2) is 4.79 Å². The summed E-state index contributed by atoms with van der Waals surface area (Å²) in [4.78, 5) is 9.60. The van der Waals surface area contributed by atoms with Gasteiger partial charge in [-0.1, -0.05) is 6.58 Å². The van der Waals surface area contributed by atoms with Gasteiger partial charge >= 0.3 is 5.97 Å². The second-order valence-corrected chi connectivity index (χ2v) is 5.96. The van der Waals surface area contributed by atoms with Crippen molar-refractivity contribution in [2.24, 2.45) is 23.7 Å². The van der Waals surface area contributed by atoms with Crippen molar-refractivity contribution < 1.29 is 9.90 Å². The van der Waals surface area contributed by atoms with Crippen LogP contribution in [0.15, 0.2) is 12.2 Å². The van der Waals surface area contributed by atoms with Gasteiger partial charge in [-0.05, 0) is 69.1 Å². The van der Waals surface area contributed by atoms with Gasteiger partial charge in [-0.15, -0.1) is 0 Å². The van der Waals surface area contributed by atoms with Gasteiger partial charge in [0.05, 0.1) is 0 Å². The number of hydrogen-bond acceptors (Lipinski definition) is 1. The first kappa shape index (κ1) is 11.7. The molecule has 4 aliphatic carbocycles. The number of carbonyl (C=O) groups is 1. The Morgan fingerprint density at radius 1 is 0.938 bits per heavy atom. The summed E-state index contributed by atoms with van der Waals surface area (Å²) >= 11 is 0. The van der Waals surface area contributed by atoms with Crippen LogP contribution in [0.3, 0.4) is 0 Å². The molecular formula is C14H22O2. The van der Waals surface area contributed by atoms with E-state index in [9.17, 15) is 4.79 Å². The van der Waals surface area contributed by atoms with Gasteiger partial charge in [0.2, 0.25) is 0 Å². The van der Waals surface area contributed by atoms with Gasteiger partial charge in [0.15, 0.2) is 0 Å². The molecule has 4 fully saturated rings. The van der Waals surface area contributed by atoms with Crippen molar-refractivity contribution in [3.63, 3.8) is 0 Å². The lowest BCUT2D eigenvalue weighted by Crippen LogP contribution is -2.38. The summed E-state index contributed by atoms with van der Waals surface area (Å²) in [6.07, 6.45) is 9.62. The lowest BCUT2D eigenvalue weighted by molar-refractivity contribution is -0.132. The van der Waals surface area contributed by atoms with Crippen LogP contribution in [0, 0.1) is 23.7 Å². The zero-order chi connectivity index (χ0) is 11.7. The molecular weight excluding hydrogens is 200 g/mol. The molecule has 0 aromatic rings. The van der Waals surface area contributed by atoms with Crippen molar-refractivity contribution in [1.82, 2.24) is 0 Å². The molecule has 90 valence electrons. The van der Waals surface area contributed by atoms with E-state index in [-0.39, 0.29) is 5.57 Å². The summed E-state index contributed by atoms with van der Waals surface area (Å²) in [5.74, 6) is 3.77. The highest BCUT2D eigenvalue weighted by Gasteiger charge is 2.41. The Hall–Kier alpha value is -0.790. The summed E-state index contributed by atoms with van der Waals surface area (Å²) in [5.41, 5.74) is 0.176. The average molecular weight is 222 g/mol. The van der Waals surface area contributed by atoms with Crippen LogP contribution in [0.1, 0.15) is 45.4 Å². The van der Waals surface area contributed by atoms with Gasteiger partial charge in [-0.3, -0.25) is 0 Å². The Morgan fingerprint density at radius 2 is 1.12 bits per heavy atom. The zero-order valence-corrected chi connectivity index (χ0v) is 10.1. The normalized spacial score (nSPS) is 38.8. The van der Waals surface area contributed by atoms with E-state index in [1.54, 1.807) is 38.5 Å². The first-order chi connectivity index (χ1) is 7.54. The third-order valence-corrected chi connectivity index (χ3v) is 4.37. The molecule has 0 amide bonds. The smallest absolute Gasteiger partial charge is 0.330 e. The Kier molecular flexibility index (Phi) is 3.36. The van der Waals surface area contributed by atoms with E-state index in [1.807, 2.05) is 0 Å². The lowest BCUT2D eigenvalue weighted by atomic mass is 9.56. The maximum Gasteiger partial charge on any atom is 0.330 e. The molecule has 16 heavy (non-hydrogen) atoms. The maximum atomic E-state index is 9.60.